The number of halogens is 3. The van der Waals surface area contributed by atoms with E-state index < -0.39 is 18.7 Å². The number of nitrogens with zero attached hydrogens (tertiary/aromatic N) is 1. The molecule has 108 valence electrons. The summed E-state index contributed by atoms with van der Waals surface area (Å²) in [7, 11) is 0. The van der Waals surface area contributed by atoms with Gasteiger partial charge in [0.15, 0.2) is 0 Å². The topological polar surface area (TPSA) is 53.7 Å². The molecule has 0 aliphatic carbocycles. The zero-order chi connectivity index (χ0) is 14.6. The predicted molar refractivity (Wildman–Crippen MR) is 62.0 cm³/mol. The van der Waals surface area contributed by atoms with E-state index in [2.05, 4.69) is 0 Å². The average molecular weight is 279 g/mol. The highest BCUT2D eigenvalue weighted by Crippen LogP contribution is 2.21. The minimum absolute atomic E-state index is 0.0238. The molecule has 0 radical (unpaired) electrons. The highest BCUT2D eigenvalue weighted by molar-refractivity contribution is 5.84. The number of rotatable bonds is 6. The van der Waals surface area contributed by atoms with Crippen LogP contribution in [0.4, 0.5) is 13.2 Å². The van der Waals surface area contributed by atoms with Gasteiger partial charge < -0.3 is 9.52 Å². The molecule has 7 heteroatoms. The second-order valence-electron chi connectivity index (χ2n) is 4.32. The molecule has 0 aliphatic rings. The molecular formula is C12H16F3NO3. The maximum atomic E-state index is 12.4. The smallest absolute Gasteiger partial charge is 0.401 e. The van der Waals surface area contributed by atoms with Gasteiger partial charge >= 0.3 is 12.1 Å². The lowest BCUT2D eigenvalue weighted by Gasteiger charge is -2.22. The molecule has 0 saturated heterocycles. The Morgan fingerprint density at radius 3 is 2.53 bits per heavy atom. The summed E-state index contributed by atoms with van der Waals surface area (Å²) in [6.07, 6.45) is -3.69. The van der Waals surface area contributed by atoms with E-state index in [0.717, 1.165) is 0 Å². The van der Waals surface area contributed by atoms with Crippen molar-refractivity contribution in [3.63, 3.8) is 0 Å². The molecular weight excluding hydrogens is 263 g/mol. The van der Waals surface area contributed by atoms with Crippen LogP contribution in [-0.4, -0.2) is 35.2 Å². The van der Waals surface area contributed by atoms with Gasteiger partial charge in [-0.2, -0.15) is 13.2 Å². The molecule has 0 fully saturated rings. The van der Waals surface area contributed by atoms with Gasteiger partial charge in [0.25, 0.3) is 0 Å². The summed E-state index contributed by atoms with van der Waals surface area (Å²) >= 11 is 0. The largest absolute Gasteiger partial charge is 0.475 e. The van der Waals surface area contributed by atoms with E-state index in [0.29, 0.717) is 17.7 Å². The van der Waals surface area contributed by atoms with E-state index in [4.69, 9.17) is 9.52 Å². The summed E-state index contributed by atoms with van der Waals surface area (Å²) in [5.74, 6) is -1.15. The summed E-state index contributed by atoms with van der Waals surface area (Å²) in [4.78, 5) is 11.9. The third-order valence-electron chi connectivity index (χ3n) is 2.57. The highest BCUT2D eigenvalue weighted by Gasteiger charge is 2.30. The summed E-state index contributed by atoms with van der Waals surface area (Å²) in [6, 6.07) is 1.27. The number of carbonyl (C=O) groups is 1. The van der Waals surface area contributed by atoms with Crippen molar-refractivity contribution in [1.29, 1.82) is 0 Å². The molecule has 1 heterocycles. The van der Waals surface area contributed by atoms with Crippen LogP contribution in [0.15, 0.2) is 10.5 Å². The van der Waals surface area contributed by atoms with Crippen LogP contribution in [0.25, 0.3) is 0 Å². The van der Waals surface area contributed by atoms with E-state index >= 15 is 0 Å². The summed E-state index contributed by atoms with van der Waals surface area (Å²) in [6.45, 7) is 2.62. The van der Waals surface area contributed by atoms with Crippen molar-refractivity contribution < 1.29 is 27.5 Å². The molecule has 4 nitrogen and oxygen atoms in total. The molecule has 1 rings (SSSR count). The first-order valence-corrected chi connectivity index (χ1v) is 5.84. The van der Waals surface area contributed by atoms with Crippen molar-refractivity contribution in [2.24, 2.45) is 0 Å². The molecule has 0 spiro atoms. The highest BCUT2D eigenvalue weighted by atomic mass is 19.4. The molecule has 0 amide bonds. The zero-order valence-corrected chi connectivity index (χ0v) is 10.8. The number of furan rings is 1. The van der Waals surface area contributed by atoms with E-state index in [1.165, 1.54) is 11.0 Å². The second-order valence-corrected chi connectivity index (χ2v) is 4.32. The van der Waals surface area contributed by atoms with Crippen LogP contribution in [0, 0.1) is 6.92 Å². The van der Waals surface area contributed by atoms with E-state index in [9.17, 15) is 18.0 Å². The van der Waals surface area contributed by atoms with Crippen LogP contribution in [0.5, 0.6) is 0 Å². The van der Waals surface area contributed by atoms with Gasteiger partial charge in [0.1, 0.15) is 5.76 Å². The number of carboxylic acids is 1. The summed E-state index contributed by atoms with van der Waals surface area (Å²) in [5, 5.41) is 8.76. The molecule has 0 bridgehead atoms. The first-order valence-electron chi connectivity index (χ1n) is 5.84. The quantitative estimate of drug-likeness (QED) is 0.869. The third-order valence-corrected chi connectivity index (χ3v) is 2.57. The molecule has 0 unspecified atom stereocenters. The SMILES string of the molecule is CCCN(Cc1cc(C(=O)O)oc1C)CC(F)(F)F. The Kier molecular flexibility index (Phi) is 4.99. The second kappa shape index (κ2) is 6.10. The number of hydrogen-bond donors (Lipinski definition) is 1. The molecule has 1 aromatic heterocycles. The molecule has 0 atom stereocenters. The van der Waals surface area contributed by atoms with Crippen LogP contribution < -0.4 is 0 Å². The first-order chi connectivity index (χ1) is 8.73. The fourth-order valence-corrected chi connectivity index (χ4v) is 1.81. The number of hydrogen-bond acceptors (Lipinski definition) is 3. The van der Waals surface area contributed by atoms with Crippen LogP contribution in [0.2, 0.25) is 0 Å². The van der Waals surface area contributed by atoms with Crippen molar-refractivity contribution in [3.05, 3.63) is 23.2 Å². The summed E-state index contributed by atoms with van der Waals surface area (Å²) < 4.78 is 42.2. The van der Waals surface area contributed by atoms with Crippen LogP contribution in [0.3, 0.4) is 0 Å². The maximum Gasteiger partial charge on any atom is 0.401 e. The van der Waals surface area contributed by atoms with Gasteiger partial charge in [-0.1, -0.05) is 6.92 Å². The molecule has 1 aromatic rings. The fraction of sp³-hybridized carbons (Fsp3) is 0.583. The summed E-state index contributed by atoms with van der Waals surface area (Å²) in [5.41, 5.74) is 0.468. The van der Waals surface area contributed by atoms with Crippen molar-refractivity contribution in [2.45, 2.75) is 33.0 Å². The Morgan fingerprint density at radius 1 is 1.47 bits per heavy atom. The predicted octanol–water partition coefficient (Wildman–Crippen LogP) is 3.06. The van der Waals surface area contributed by atoms with Gasteiger partial charge in [-0.15, -0.1) is 0 Å². The molecule has 0 aromatic carbocycles. The zero-order valence-electron chi connectivity index (χ0n) is 10.8. The Labute approximate surface area is 108 Å². The average Bonchev–Trinajstić information content (AvgIpc) is 2.58. The lowest BCUT2D eigenvalue weighted by Crippen LogP contribution is -2.34. The van der Waals surface area contributed by atoms with Crippen LogP contribution in [-0.2, 0) is 6.54 Å². The Balaban J connectivity index is 2.81. The Bertz CT molecular complexity index is 440. The van der Waals surface area contributed by atoms with Gasteiger partial charge in [0.2, 0.25) is 5.76 Å². The molecule has 1 N–H and O–H groups in total. The lowest BCUT2D eigenvalue weighted by molar-refractivity contribution is -0.147. The molecule has 0 aliphatic heterocycles. The number of aryl methyl sites for hydroxylation is 1. The van der Waals surface area contributed by atoms with E-state index in [1.54, 1.807) is 13.8 Å². The maximum absolute atomic E-state index is 12.4. The van der Waals surface area contributed by atoms with Gasteiger partial charge in [0, 0.05) is 12.1 Å². The normalized spacial score (nSPS) is 12.1. The van der Waals surface area contributed by atoms with Gasteiger partial charge in [-0.05, 0) is 26.0 Å². The minimum atomic E-state index is -4.28. The van der Waals surface area contributed by atoms with Crippen LogP contribution in [0.1, 0.15) is 35.2 Å². The molecule has 19 heavy (non-hydrogen) atoms. The minimum Gasteiger partial charge on any atom is -0.475 e. The standard InChI is InChI=1S/C12H16F3NO3/c1-3-4-16(7-12(13,14)15)6-9-5-10(11(17)18)19-8(9)2/h5H,3-4,6-7H2,1-2H3,(H,17,18). The number of aromatic carboxylic acids is 1. The van der Waals surface area contributed by atoms with Crippen molar-refractivity contribution in [3.8, 4) is 0 Å². The fourth-order valence-electron chi connectivity index (χ4n) is 1.81. The van der Waals surface area contributed by atoms with E-state index in [-0.39, 0.29) is 18.8 Å². The van der Waals surface area contributed by atoms with Gasteiger partial charge in [-0.25, -0.2) is 4.79 Å². The van der Waals surface area contributed by atoms with E-state index in [1.807, 2.05) is 0 Å². The lowest BCUT2D eigenvalue weighted by atomic mass is 10.2. The number of alkyl halides is 3. The first kappa shape index (κ1) is 15.6. The van der Waals surface area contributed by atoms with Gasteiger partial charge in [-0.3, -0.25) is 4.90 Å². The van der Waals surface area contributed by atoms with Crippen LogP contribution >= 0.6 is 0 Å². The third kappa shape index (κ3) is 4.94. The van der Waals surface area contributed by atoms with Gasteiger partial charge in [0.05, 0.1) is 6.54 Å². The Hall–Kier alpha value is -1.50. The van der Waals surface area contributed by atoms with Crippen molar-refractivity contribution in [2.75, 3.05) is 13.1 Å². The van der Waals surface area contributed by atoms with Crippen molar-refractivity contribution in [1.82, 2.24) is 4.90 Å². The van der Waals surface area contributed by atoms with Crippen molar-refractivity contribution >= 4 is 5.97 Å². The molecule has 0 saturated carbocycles. The Morgan fingerprint density at radius 2 is 2.11 bits per heavy atom. The monoisotopic (exact) mass is 279 g/mol. The number of carboxylic acid groups (broad SMARTS) is 1.